The van der Waals surface area contributed by atoms with Crippen LogP contribution in [-0.2, 0) is 6.54 Å². The SMILES string of the molecule is C#CCC(C)NCc1cccc(OC)c1OC. The van der Waals surface area contributed by atoms with Crippen LogP contribution in [0.5, 0.6) is 11.5 Å². The molecule has 0 spiro atoms. The normalized spacial score (nSPS) is 11.6. The Balaban J connectivity index is 2.74. The summed E-state index contributed by atoms with van der Waals surface area (Å²) in [4.78, 5) is 0. The van der Waals surface area contributed by atoms with Crippen molar-refractivity contribution in [1.29, 1.82) is 0 Å². The highest BCUT2D eigenvalue weighted by Crippen LogP contribution is 2.30. The van der Waals surface area contributed by atoms with Crippen LogP contribution in [-0.4, -0.2) is 20.3 Å². The minimum Gasteiger partial charge on any atom is -0.493 e. The quantitative estimate of drug-likeness (QED) is 0.764. The van der Waals surface area contributed by atoms with Crippen molar-refractivity contribution >= 4 is 0 Å². The zero-order chi connectivity index (χ0) is 12.7. The average molecular weight is 233 g/mol. The van der Waals surface area contributed by atoms with Crippen LogP contribution in [0.25, 0.3) is 0 Å². The van der Waals surface area contributed by atoms with Crippen molar-refractivity contribution in [3.8, 4) is 23.8 Å². The fourth-order valence-electron chi connectivity index (χ4n) is 1.63. The number of ether oxygens (including phenoxy) is 2. The number of nitrogens with one attached hydrogen (secondary N) is 1. The summed E-state index contributed by atoms with van der Waals surface area (Å²) in [5, 5.41) is 3.35. The zero-order valence-corrected chi connectivity index (χ0v) is 10.6. The van der Waals surface area contributed by atoms with Gasteiger partial charge in [0.05, 0.1) is 14.2 Å². The van der Waals surface area contributed by atoms with Crippen LogP contribution in [0.3, 0.4) is 0 Å². The maximum absolute atomic E-state index is 5.35. The maximum atomic E-state index is 5.35. The van der Waals surface area contributed by atoms with Crippen molar-refractivity contribution < 1.29 is 9.47 Å². The van der Waals surface area contributed by atoms with E-state index < -0.39 is 0 Å². The number of rotatable bonds is 6. The van der Waals surface area contributed by atoms with Gasteiger partial charge in [-0.1, -0.05) is 12.1 Å². The van der Waals surface area contributed by atoms with Crippen molar-refractivity contribution in [3.05, 3.63) is 23.8 Å². The third-order valence-corrected chi connectivity index (χ3v) is 2.55. The molecule has 1 N–H and O–H groups in total. The maximum Gasteiger partial charge on any atom is 0.165 e. The minimum atomic E-state index is 0.288. The molecule has 1 atom stereocenters. The van der Waals surface area contributed by atoms with Crippen molar-refractivity contribution in [2.45, 2.75) is 25.9 Å². The molecule has 92 valence electrons. The standard InChI is InChI=1S/C14H19NO2/c1-5-7-11(2)15-10-12-8-6-9-13(16-3)14(12)17-4/h1,6,8-9,11,15H,7,10H2,2-4H3. The topological polar surface area (TPSA) is 30.5 Å². The molecule has 0 aliphatic heterocycles. The van der Waals surface area contributed by atoms with Crippen LogP contribution in [0.1, 0.15) is 18.9 Å². The third-order valence-electron chi connectivity index (χ3n) is 2.55. The summed E-state index contributed by atoms with van der Waals surface area (Å²) in [5.74, 6) is 4.16. The number of terminal acetylenes is 1. The van der Waals surface area contributed by atoms with Gasteiger partial charge in [0.15, 0.2) is 11.5 Å². The zero-order valence-electron chi connectivity index (χ0n) is 10.6. The lowest BCUT2D eigenvalue weighted by Crippen LogP contribution is -2.25. The van der Waals surface area contributed by atoms with Gasteiger partial charge in [-0.3, -0.25) is 0 Å². The fraction of sp³-hybridized carbons (Fsp3) is 0.429. The second kappa shape index (κ2) is 6.82. The second-order valence-electron chi connectivity index (χ2n) is 3.84. The van der Waals surface area contributed by atoms with E-state index in [9.17, 15) is 0 Å². The Morgan fingerprint density at radius 1 is 1.35 bits per heavy atom. The smallest absolute Gasteiger partial charge is 0.165 e. The first-order valence-electron chi connectivity index (χ1n) is 5.59. The van der Waals surface area contributed by atoms with Crippen LogP contribution in [0.4, 0.5) is 0 Å². The van der Waals surface area contributed by atoms with Crippen LogP contribution in [0.2, 0.25) is 0 Å². The van der Waals surface area contributed by atoms with E-state index in [-0.39, 0.29) is 6.04 Å². The Morgan fingerprint density at radius 2 is 2.12 bits per heavy atom. The molecular formula is C14H19NO2. The molecule has 0 aromatic heterocycles. The van der Waals surface area contributed by atoms with Gasteiger partial charge in [0, 0.05) is 24.6 Å². The van der Waals surface area contributed by atoms with Gasteiger partial charge in [-0.2, -0.15) is 0 Å². The van der Waals surface area contributed by atoms with Gasteiger partial charge in [0.25, 0.3) is 0 Å². The third kappa shape index (κ3) is 3.69. The lowest BCUT2D eigenvalue weighted by Gasteiger charge is -2.15. The highest BCUT2D eigenvalue weighted by Gasteiger charge is 2.09. The highest BCUT2D eigenvalue weighted by molar-refractivity contribution is 5.46. The molecule has 3 heteroatoms. The predicted octanol–water partition coefficient (Wildman–Crippen LogP) is 2.21. The van der Waals surface area contributed by atoms with Gasteiger partial charge in [-0.15, -0.1) is 12.3 Å². The predicted molar refractivity (Wildman–Crippen MR) is 69.3 cm³/mol. The monoisotopic (exact) mass is 233 g/mol. The number of para-hydroxylation sites is 1. The molecule has 1 aromatic rings. The summed E-state index contributed by atoms with van der Waals surface area (Å²) in [5.41, 5.74) is 1.07. The van der Waals surface area contributed by atoms with Crippen LogP contribution in [0.15, 0.2) is 18.2 Å². The van der Waals surface area contributed by atoms with Crippen LogP contribution < -0.4 is 14.8 Å². The Morgan fingerprint density at radius 3 is 2.71 bits per heavy atom. The molecule has 0 heterocycles. The first-order valence-corrected chi connectivity index (χ1v) is 5.59. The molecule has 0 amide bonds. The molecule has 0 fully saturated rings. The molecule has 0 bridgehead atoms. The van der Waals surface area contributed by atoms with Crippen molar-refractivity contribution in [3.63, 3.8) is 0 Å². The van der Waals surface area contributed by atoms with Crippen LogP contribution >= 0.6 is 0 Å². The first-order chi connectivity index (χ1) is 8.22. The summed E-state index contributed by atoms with van der Waals surface area (Å²) in [6.07, 6.45) is 5.98. The Labute approximate surface area is 103 Å². The molecule has 0 aliphatic carbocycles. The second-order valence-corrected chi connectivity index (χ2v) is 3.84. The van der Waals surface area contributed by atoms with E-state index in [0.717, 1.165) is 17.1 Å². The number of methoxy groups -OCH3 is 2. The lowest BCUT2D eigenvalue weighted by molar-refractivity contribution is 0.350. The molecule has 3 nitrogen and oxygen atoms in total. The summed E-state index contributed by atoms with van der Waals surface area (Å²) in [6, 6.07) is 6.13. The van der Waals surface area contributed by atoms with E-state index in [2.05, 4.69) is 18.2 Å². The van der Waals surface area contributed by atoms with E-state index in [1.807, 2.05) is 18.2 Å². The molecule has 0 saturated heterocycles. The van der Waals surface area contributed by atoms with Gasteiger partial charge in [-0.05, 0) is 13.0 Å². The molecular weight excluding hydrogens is 214 g/mol. The van der Waals surface area contributed by atoms with E-state index in [1.165, 1.54) is 0 Å². The van der Waals surface area contributed by atoms with E-state index >= 15 is 0 Å². The van der Waals surface area contributed by atoms with E-state index in [1.54, 1.807) is 14.2 Å². The largest absolute Gasteiger partial charge is 0.493 e. The van der Waals surface area contributed by atoms with E-state index in [0.29, 0.717) is 13.0 Å². The van der Waals surface area contributed by atoms with Crippen LogP contribution in [0, 0.1) is 12.3 Å². The highest BCUT2D eigenvalue weighted by atomic mass is 16.5. The van der Waals surface area contributed by atoms with Gasteiger partial charge in [-0.25, -0.2) is 0 Å². The summed E-state index contributed by atoms with van der Waals surface area (Å²) in [6.45, 7) is 2.77. The number of hydrogen-bond donors (Lipinski definition) is 1. The molecule has 1 aromatic carbocycles. The minimum absolute atomic E-state index is 0.288. The van der Waals surface area contributed by atoms with Crippen molar-refractivity contribution in [1.82, 2.24) is 5.32 Å². The molecule has 0 radical (unpaired) electrons. The molecule has 1 rings (SSSR count). The average Bonchev–Trinajstić information content (AvgIpc) is 2.36. The van der Waals surface area contributed by atoms with Crippen molar-refractivity contribution in [2.24, 2.45) is 0 Å². The summed E-state index contributed by atoms with van der Waals surface area (Å²) in [7, 11) is 3.28. The van der Waals surface area contributed by atoms with Crippen molar-refractivity contribution in [2.75, 3.05) is 14.2 Å². The number of benzene rings is 1. The van der Waals surface area contributed by atoms with Gasteiger partial charge in [0.1, 0.15) is 0 Å². The molecule has 1 unspecified atom stereocenters. The number of hydrogen-bond acceptors (Lipinski definition) is 3. The van der Waals surface area contributed by atoms with Gasteiger partial charge < -0.3 is 14.8 Å². The Bertz CT molecular complexity index is 396. The summed E-state index contributed by atoms with van der Waals surface area (Å²) >= 11 is 0. The lowest BCUT2D eigenvalue weighted by atomic mass is 10.1. The van der Waals surface area contributed by atoms with Gasteiger partial charge >= 0.3 is 0 Å². The Kier molecular flexibility index (Phi) is 5.38. The fourth-order valence-corrected chi connectivity index (χ4v) is 1.63. The summed E-state index contributed by atoms with van der Waals surface area (Å²) < 4.78 is 10.6. The first kappa shape index (κ1) is 13.4. The van der Waals surface area contributed by atoms with E-state index in [4.69, 9.17) is 15.9 Å². The molecule has 17 heavy (non-hydrogen) atoms. The van der Waals surface area contributed by atoms with Gasteiger partial charge in [0.2, 0.25) is 0 Å². The molecule has 0 saturated carbocycles. The Hall–Kier alpha value is -1.66. The molecule has 0 aliphatic rings.